The zero-order valence-corrected chi connectivity index (χ0v) is 10.9. The first kappa shape index (κ1) is 12.4. The maximum atomic E-state index is 5.93. The van der Waals surface area contributed by atoms with E-state index in [4.69, 9.17) is 5.73 Å². The van der Waals surface area contributed by atoms with Crippen LogP contribution < -0.4 is 10.6 Å². The van der Waals surface area contributed by atoms with Gasteiger partial charge in [-0.3, -0.25) is 4.98 Å². The van der Waals surface area contributed by atoms with Crippen molar-refractivity contribution in [3.05, 3.63) is 53.9 Å². The van der Waals surface area contributed by atoms with Gasteiger partial charge in [-0.2, -0.15) is 0 Å². The van der Waals surface area contributed by atoms with Crippen LogP contribution in [0.3, 0.4) is 0 Å². The molecule has 2 N–H and O–H groups in total. The van der Waals surface area contributed by atoms with Gasteiger partial charge < -0.3 is 10.6 Å². The van der Waals surface area contributed by atoms with Gasteiger partial charge in [0.25, 0.3) is 0 Å². The number of rotatable bonds is 4. The first-order chi connectivity index (χ1) is 8.68. The second-order valence-electron chi connectivity index (χ2n) is 4.52. The van der Waals surface area contributed by atoms with Crippen molar-refractivity contribution in [3.63, 3.8) is 0 Å². The summed E-state index contributed by atoms with van der Waals surface area (Å²) in [4.78, 5) is 6.27. The number of nitrogens with two attached hydrogens (primary N) is 1. The van der Waals surface area contributed by atoms with Crippen molar-refractivity contribution >= 4 is 11.4 Å². The van der Waals surface area contributed by atoms with Crippen molar-refractivity contribution in [2.24, 2.45) is 0 Å². The topological polar surface area (TPSA) is 42.1 Å². The molecule has 0 atom stereocenters. The Morgan fingerprint density at radius 1 is 1.17 bits per heavy atom. The predicted octanol–water partition coefficient (Wildman–Crippen LogP) is 2.65. The number of pyridine rings is 1. The molecule has 18 heavy (non-hydrogen) atoms. The minimum absolute atomic E-state index is 0.850. The third kappa shape index (κ3) is 2.80. The van der Waals surface area contributed by atoms with Crippen LogP contribution in [0.25, 0.3) is 0 Å². The normalized spacial score (nSPS) is 10.3. The Morgan fingerprint density at radius 3 is 2.61 bits per heavy atom. The molecule has 2 aromatic rings. The number of aromatic nitrogens is 1. The first-order valence-electron chi connectivity index (χ1n) is 6.13. The molecule has 0 radical (unpaired) electrons. The lowest BCUT2D eigenvalue weighted by molar-refractivity contribution is 0.871. The lowest BCUT2D eigenvalue weighted by atomic mass is 10.1. The summed E-state index contributed by atoms with van der Waals surface area (Å²) >= 11 is 0. The van der Waals surface area contributed by atoms with Crippen LogP contribution in [0.1, 0.15) is 11.1 Å². The summed E-state index contributed by atoms with van der Waals surface area (Å²) in [6, 6.07) is 10.2. The Hall–Kier alpha value is -2.03. The van der Waals surface area contributed by atoms with Gasteiger partial charge in [-0.1, -0.05) is 6.07 Å². The fourth-order valence-electron chi connectivity index (χ4n) is 2.02. The summed E-state index contributed by atoms with van der Waals surface area (Å²) in [7, 11) is 2.10. The van der Waals surface area contributed by atoms with E-state index in [-0.39, 0.29) is 0 Å². The number of likely N-dealkylation sites (N-methyl/N-ethyl adjacent to an activating group) is 1. The van der Waals surface area contributed by atoms with E-state index in [0.29, 0.717) is 0 Å². The van der Waals surface area contributed by atoms with E-state index in [0.717, 1.165) is 24.2 Å². The zero-order chi connectivity index (χ0) is 13.0. The number of hydrogen-bond acceptors (Lipinski definition) is 3. The quantitative estimate of drug-likeness (QED) is 0.837. The van der Waals surface area contributed by atoms with E-state index >= 15 is 0 Å². The number of benzene rings is 1. The third-order valence-corrected chi connectivity index (χ3v) is 3.24. The van der Waals surface area contributed by atoms with Crippen LogP contribution in [-0.4, -0.2) is 18.6 Å². The van der Waals surface area contributed by atoms with Gasteiger partial charge in [-0.05, 0) is 48.7 Å². The molecule has 3 heteroatoms. The molecule has 0 spiro atoms. The van der Waals surface area contributed by atoms with E-state index < -0.39 is 0 Å². The molecule has 0 bridgehead atoms. The van der Waals surface area contributed by atoms with Gasteiger partial charge in [-0.25, -0.2) is 0 Å². The second kappa shape index (κ2) is 5.54. The van der Waals surface area contributed by atoms with Gasteiger partial charge in [-0.15, -0.1) is 0 Å². The monoisotopic (exact) mass is 241 g/mol. The molecule has 0 aliphatic rings. The number of nitrogen functional groups attached to an aromatic ring is 1. The summed E-state index contributed by atoms with van der Waals surface area (Å²) in [6.45, 7) is 3.03. The van der Waals surface area contributed by atoms with Crippen molar-refractivity contribution in [2.45, 2.75) is 13.3 Å². The molecular weight excluding hydrogens is 222 g/mol. The van der Waals surface area contributed by atoms with Crippen molar-refractivity contribution in [1.82, 2.24) is 4.98 Å². The van der Waals surface area contributed by atoms with Crippen molar-refractivity contribution in [2.75, 3.05) is 24.2 Å². The molecule has 0 amide bonds. The molecule has 94 valence electrons. The molecule has 1 aromatic carbocycles. The second-order valence-corrected chi connectivity index (χ2v) is 4.52. The van der Waals surface area contributed by atoms with E-state index in [1.807, 2.05) is 24.5 Å². The van der Waals surface area contributed by atoms with E-state index in [1.165, 1.54) is 11.3 Å². The number of nitrogens with zero attached hydrogens (tertiary/aromatic N) is 2. The Labute approximate surface area is 108 Å². The van der Waals surface area contributed by atoms with Crippen LogP contribution in [0.2, 0.25) is 0 Å². The predicted molar refractivity (Wildman–Crippen MR) is 76.8 cm³/mol. The standard InChI is InChI=1S/C15H19N3/c1-12-14(16)4-3-5-15(12)18(2)11-8-13-6-9-17-10-7-13/h3-7,9-10H,8,11,16H2,1-2H3. The fourth-order valence-corrected chi connectivity index (χ4v) is 2.02. The molecular formula is C15H19N3. The first-order valence-corrected chi connectivity index (χ1v) is 6.13. The highest BCUT2D eigenvalue weighted by molar-refractivity contribution is 5.63. The summed E-state index contributed by atoms with van der Waals surface area (Å²) in [5.74, 6) is 0. The molecule has 1 aromatic heterocycles. The molecule has 0 aliphatic carbocycles. The molecule has 0 saturated carbocycles. The molecule has 0 aliphatic heterocycles. The molecule has 0 unspecified atom stereocenters. The van der Waals surface area contributed by atoms with Gasteiger partial charge in [0, 0.05) is 37.4 Å². The zero-order valence-electron chi connectivity index (χ0n) is 10.9. The Balaban J connectivity index is 2.04. The Morgan fingerprint density at radius 2 is 1.89 bits per heavy atom. The molecule has 1 heterocycles. The smallest absolute Gasteiger partial charge is 0.0414 e. The summed E-state index contributed by atoms with van der Waals surface area (Å²) in [6.07, 6.45) is 4.68. The maximum Gasteiger partial charge on any atom is 0.0414 e. The highest BCUT2D eigenvalue weighted by Crippen LogP contribution is 2.23. The van der Waals surface area contributed by atoms with Crippen molar-refractivity contribution in [1.29, 1.82) is 0 Å². The Bertz CT molecular complexity index is 508. The summed E-state index contributed by atoms with van der Waals surface area (Å²) < 4.78 is 0. The highest BCUT2D eigenvalue weighted by atomic mass is 15.1. The van der Waals surface area contributed by atoms with Gasteiger partial charge in [0.2, 0.25) is 0 Å². The average molecular weight is 241 g/mol. The summed E-state index contributed by atoms with van der Waals surface area (Å²) in [5.41, 5.74) is 10.4. The van der Waals surface area contributed by atoms with Crippen molar-refractivity contribution < 1.29 is 0 Å². The van der Waals surface area contributed by atoms with E-state index in [9.17, 15) is 0 Å². The largest absolute Gasteiger partial charge is 0.398 e. The highest BCUT2D eigenvalue weighted by Gasteiger charge is 2.06. The minimum Gasteiger partial charge on any atom is -0.398 e. The maximum absolute atomic E-state index is 5.93. The molecule has 2 rings (SSSR count). The van der Waals surface area contributed by atoms with Gasteiger partial charge in [0.15, 0.2) is 0 Å². The third-order valence-electron chi connectivity index (χ3n) is 3.24. The van der Waals surface area contributed by atoms with Crippen LogP contribution in [0, 0.1) is 6.92 Å². The van der Waals surface area contributed by atoms with Crippen LogP contribution in [0.15, 0.2) is 42.7 Å². The van der Waals surface area contributed by atoms with Crippen LogP contribution in [0.4, 0.5) is 11.4 Å². The number of anilines is 2. The number of hydrogen-bond donors (Lipinski definition) is 1. The fraction of sp³-hybridized carbons (Fsp3) is 0.267. The lowest BCUT2D eigenvalue weighted by Gasteiger charge is -2.22. The van der Waals surface area contributed by atoms with Crippen molar-refractivity contribution in [3.8, 4) is 0 Å². The molecule has 3 nitrogen and oxygen atoms in total. The minimum atomic E-state index is 0.850. The van der Waals surface area contributed by atoms with Crippen LogP contribution in [0.5, 0.6) is 0 Å². The molecule has 0 saturated heterocycles. The van der Waals surface area contributed by atoms with Crippen LogP contribution in [-0.2, 0) is 6.42 Å². The van der Waals surface area contributed by atoms with E-state index in [1.54, 1.807) is 0 Å². The molecule has 0 fully saturated rings. The van der Waals surface area contributed by atoms with Gasteiger partial charge in [0.05, 0.1) is 0 Å². The lowest BCUT2D eigenvalue weighted by Crippen LogP contribution is -2.21. The van der Waals surface area contributed by atoms with Crippen LogP contribution >= 0.6 is 0 Å². The van der Waals surface area contributed by atoms with Gasteiger partial charge >= 0.3 is 0 Å². The SMILES string of the molecule is Cc1c(N)cccc1N(C)CCc1ccncc1. The average Bonchev–Trinajstić information content (AvgIpc) is 2.40. The summed E-state index contributed by atoms with van der Waals surface area (Å²) in [5, 5.41) is 0. The van der Waals surface area contributed by atoms with E-state index in [2.05, 4.69) is 42.1 Å². The Kier molecular flexibility index (Phi) is 3.82. The van der Waals surface area contributed by atoms with Gasteiger partial charge in [0.1, 0.15) is 0 Å².